The number of nitrogens with zero attached hydrogens (tertiary/aromatic N) is 3. The van der Waals surface area contributed by atoms with Crippen LogP contribution < -0.4 is 16.4 Å². The number of benzene rings is 3. The Morgan fingerprint density at radius 1 is 0.971 bits per heavy atom. The van der Waals surface area contributed by atoms with Crippen molar-refractivity contribution in [2.24, 2.45) is 4.52 Å². The third kappa shape index (κ3) is 3.83. The van der Waals surface area contributed by atoms with Crippen molar-refractivity contribution >= 4 is 50.2 Å². The molecule has 0 fully saturated rings. The second kappa shape index (κ2) is 8.35. The highest BCUT2D eigenvalue weighted by molar-refractivity contribution is 7.90. The molecule has 4 N–H and O–H groups in total. The fourth-order valence-corrected chi connectivity index (χ4v) is 4.52. The molecule has 0 atom stereocenters. The molecule has 0 heterocycles. The average Bonchev–Trinajstić information content (AvgIpc) is 2.79. The number of nitrogens with one attached hydrogen (secondary N) is 2. The van der Waals surface area contributed by atoms with Gasteiger partial charge in [-0.05, 0) is 35.9 Å². The number of azide groups is 1. The maximum absolute atomic E-state index is 13.4. The number of hydrogen-bond acceptors (Lipinski definition) is 7. The van der Waals surface area contributed by atoms with Crippen LogP contribution in [0.5, 0.6) is 0 Å². The van der Waals surface area contributed by atoms with Gasteiger partial charge in [-0.25, -0.2) is 8.42 Å². The summed E-state index contributed by atoms with van der Waals surface area (Å²) in [6.07, 6.45) is 0. The fraction of sp³-hybridized carbons (Fsp3) is 0.0455. The highest BCUT2D eigenvalue weighted by Gasteiger charge is 2.36. The van der Waals surface area contributed by atoms with Gasteiger partial charge in [-0.3, -0.25) is 14.4 Å². The molecule has 0 aromatic heterocycles. The van der Waals surface area contributed by atoms with Crippen LogP contribution in [0.3, 0.4) is 0 Å². The lowest BCUT2D eigenvalue weighted by Crippen LogP contribution is -2.25. The fourth-order valence-electron chi connectivity index (χ4n) is 3.69. The zero-order chi connectivity index (χ0) is 24.6. The topological polar surface area (TPSA) is 184 Å². The first kappa shape index (κ1) is 22.5. The first-order chi connectivity index (χ1) is 16.1. The molecule has 3 aromatic rings. The Labute approximate surface area is 193 Å². The molecule has 4 rings (SSSR count). The van der Waals surface area contributed by atoms with E-state index in [1.54, 1.807) is 36.4 Å². The quantitative estimate of drug-likeness (QED) is 0.169. The second-order valence-electron chi connectivity index (χ2n) is 7.32. The monoisotopic (exact) mass is 476 g/mol. The van der Waals surface area contributed by atoms with Crippen molar-refractivity contribution in [2.75, 3.05) is 16.4 Å². The molecular weight excluding hydrogens is 460 g/mol. The van der Waals surface area contributed by atoms with E-state index in [1.807, 2.05) is 0 Å². The van der Waals surface area contributed by atoms with Crippen LogP contribution >= 0.6 is 0 Å². The van der Waals surface area contributed by atoms with Crippen molar-refractivity contribution in [2.45, 2.75) is 11.8 Å². The number of ketones is 2. The normalized spacial score (nSPS) is 12.3. The third-order valence-corrected chi connectivity index (χ3v) is 6.29. The minimum atomic E-state index is -4.60. The summed E-state index contributed by atoms with van der Waals surface area (Å²) in [4.78, 5) is 39.6. The Kier molecular flexibility index (Phi) is 5.53. The highest BCUT2D eigenvalue weighted by Crippen LogP contribution is 2.40. The number of hydrogen-bond donors (Lipinski definition) is 3. The van der Waals surface area contributed by atoms with Gasteiger partial charge in [0.05, 0.1) is 22.5 Å². The number of amides is 1. The molecule has 1 amide bonds. The largest absolute Gasteiger partial charge is 0.397 e. The van der Waals surface area contributed by atoms with Gasteiger partial charge in [0.25, 0.3) is 10.0 Å². The Morgan fingerprint density at radius 3 is 2.09 bits per heavy atom. The lowest BCUT2D eigenvalue weighted by Gasteiger charge is -2.23. The molecule has 0 radical (unpaired) electrons. The van der Waals surface area contributed by atoms with E-state index in [1.165, 1.54) is 19.1 Å². The maximum Gasteiger partial charge on any atom is 0.266 e. The number of fused-ring (bicyclic) bond motifs is 2. The van der Waals surface area contributed by atoms with Crippen LogP contribution in [-0.4, -0.2) is 25.9 Å². The molecule has 34 heavy (non-hydrogen) atoms. The Morgan fingerprint density at radius 2 is 1.53 bits per heavy atom. The van der Waals surface area contributed by atoms with E-state index in [0.29, 0.717) is 11.4 Å². The number of carbonyl (C=O) groups excluding carboxylic acids is 3. The number of anilines is 4. The molecule has 170 valence electrons. The Hall–Kier alpha value is -4.67. The first-order valence-corrected chi connectivity index (χ1v) is 11.2. The van der Waals surface area contributed by atoms with Crippen molar-refractivity contribution in [3.63, 3.8) is 0 Å². The summed E-state index contributed by atoms with van der Waals surface area (Å²) in [5.41, 5.74) is 15.0. The number of sulfonamides is 1. The van der Waals surface area contributed by atoms with Gasteiger partial charge >= 0.3 is 0 Å². The van der Waals surface area contributed by atoms with Crippen molar-refractivity contribution in [1.82, 2.24) is 0 Å². The Bertz CT molecular complexity index is 1540. The molecule has 3 aromatic carbocycles. The molecule has 0 spiro atoms. The van der Waals surface area contributed by atoms with E-state index >= 15 is 0 Å². The minimum absolute atomic E-state index is 0.0176. The van der Waals surface area contributed by atoms with E-state index in [9.17, 15) is 22.8 Å². The molecule has 11 nitrogen and oxygen atoms in total. The minimum Gasteiger partial charge on any atom is -0.397 e. The van der Waals surface area contributed by atoms with E-state index < -0.39 is 32.2 Å². The van der Waals surface area contributed by atoms with Gasteiger partial charge in [0, 0.05) is 38.9 Å². The molecule has 1 aliphatic carbocycles. The predicted molar refractivity (Wildman–Crippen MR) is 125 cm³/mol. The van der Waals surface area contributed by atoms with E-state index in [4.69, 9.17) is 11.3 Å². The summed E-state index contributed by atoms with van der Waals surface area (Å²) < 4.78 is 27.9. The van der Waals surface area contributed by atoms with Gasteiger partial charge in [0.15, 0.2) is 11.6 Å². The summed E-state index contributed by atoms with van der Waals surface area (Å²) in [5, 5.41) is 5.55. The zero-order valence-electron chi connectivity index (χ0n) is 17.6. The highest BCUT2D eigenvalue weighted by atomic mass is 32.2. The van der Waals surface area contributed by atoms with Crippen molar-refractivity contribution < 1.29 is 22.8 Å². The average molecular weight is 476 g/mol. The number of rotatable bonds is 5. The lowest BCUT2D eigenvalue weighted by molar-refractivity contribution is -0.114. The van der Waals surface area contributed by atoms with Gasteiger partial charge in [0.2, 0.25) is 5.91 Å². The zero-order valence-corrected chi connectivity index (χ0v) is 18.4. The van der Waals surface area contributed by atoms with Crippen LogP contribution in [0.1, 0.15) is 38.8 Å². The second-order valence-corrected chi connectivity index (χ2v) is 8.87. The number of nitrogens with two attached hydrogens (primary N) is 1. The van der Waals surface area contributed by atoms with Crippen LogP contribution in [-0.2, 0) is 14.8 Å². The third-order valence-electron chi connectivity index (χ3n) is 5.11. The SMILES string of the molecule is CC(=O)Nc1ccc(Nc2cc(S(=O)(=O)N=[N+]=[N-])c(N)c3c2C(=O)c2ccccc2C3=O)cc1. The molecule has 0 bridgehead atoms. The molecule has 0 saturated carbocycles. The molecule has 0 saturated heterocycles. The molecule has 1 aliphatic rings. The molecule has 0 unspecified atom stereocenters. The summed E-state index contributed by atoms with van der Waals surface area (Å²) in [5.74, 6) is -1.42. The van der Waals surface area contributed by atoms with Gasteiger partial charge in [-0.15, -0.1) is 0 Å². The smallest absolute Gasteiger partial charge is 0.266 e. The van der Waals surface area contributed by atoms with Gasteiger partial charge in [-0.2, -0.15) is 0 Å². The van der Waals surface area contributed by atoms with Crippen molar-refractivity contribution in [1.29, 1.82) is 0 Å². The predicted octanol–water partition coefficient (Wildman–Crippen LogP) is 3.75. The van der Waals surface area contributed by atoms with Crippen LogP contribution in [0.25, 0.3) is 10.4 Å². The van der Waals surface area contributed by atoms with Crippen LogP contribution in [0.4, 0.5) is 22.7 Å². The Balaban J connectivity index is 1.94. The maximum atomic E-state index is 13.4. The summed E-state index contributed by atoms with van der Waals surface area (Å²) in [7, 11) is -4.60. The van der Waals surface area contributed by atoms with Crippen LogP contribution in [0, 0.1) is 0 Å². The van der Waals surface area contributed by atoms with Crippen molar-refractivity contribution in [3.05, 3.63) is 87.3 Å². The van der Waals surface area contributed by atoms with Crippen molar-refractivity contribution in [3.8, 4) is 0 Å². The molecule has 12 heteroatoms. The molecule has 0 aliphatic heterocycles. The number of carbonyl (C=O) groups is 3. The standard InChI is InChI=1S/C22H16N6O5S/c1-11(29)25-12-6-8-13(9-7-12)26-16-10-17(34(32,33)28-27-24)20(23)19-18(16)21(30)14-4-2-3-5-15(14)22(19)31/h2-10,26H,23H2,1H3,(H,25,29). The van der Waals surface area contributed by atoms with Crippen LogP contribution in [0.2, 0.25) is 0 Å². The summed E-state index contributed by atoms with van der Waals surface area (Å²) in [6, 6.07) is 13.5. The van der Waals surface area contributed by atoms with E-state index in [0.717, 1.165) is 6.07 Å². The number of nitrogen functional groups attached to an aromatic ring is 1. The first-order valence-electron chi connectivity index (χ1n) is 9.75. The van der Waals surface area contributed by atoms with E-state index in [-0.39, 0.29) is 33.8 Å². The van der Waals surface area contributed by atoms with Gasteiger partial charge in [0.1, 0.15) is 4.90 Å². The van der Waals surface area contributed by atoms with Gasteiger partial charge < -0.3 is 16.4 Å². The summed E-state index contributed by atoms with van der Waals surface area (Å²) >= 11 is 0. The van der Waals surface area contributed by atoms with Gasteiger partial charge in [-0.1, -0.05) is 24.3 Å². The molecular formula is C22H16N6O5S. The summed E-state index contributed by atoms with van der Waals surface area (Å²) in [6.45, 7) is 1.36. The lowest BCUT2D eigenvalue weighted by atomic mass is 9.82. The van der Waals surface area contributed by atoms with Crippen LogP contribution in [0.15, 0.2) is 64.0 Å². The van der Waals surface area contributed by atoms with E-state index in [2.05, 4.69) is 20.1 Å².